The predicted molar refractivity (Wildman–Crippen MR) is 152 cm³/mol. The lowest BCUT2D eigenvalue weighted by atomic mass is 10.1. The highest BCUT2D eigenvalue weighted by atomic mass is 35.5. The number of ether oxygens (including phenoxy) is 1. The molecule has 0 saturated carbocycles. The molecule has 3 N–H and O–H groups in total. The maximum Gasteiger partial charge on any atom is 0.326 e. The van der Waals surface area contributed by atoms with E-state index in [1.807, 2.05) is 0 Å². The lowest BCUT2D eigenvalue weighted by Crippen LogP contribution is -2.49. The van der Waals surface area contributed by atoms with Crippen molar-refractivity contribution in [2.24, 2.45) is 7.05 Å². The molecule has 0 bridgehead atoms. The summed E-state index contributed by atoms with van der Waals surface area (Å²) in [6.45, 7) is 1.52. The van der Waals surface area contributed by atoms with Crippen molar-refractivity contribution in [3.05, 3.63) is 63.3 Å². The summed E-state index contributed by atoms with van der Waals surface area (Å²) in [5, 5.41) is 12.5. The predicted octanol–water partition coefficient (Wildman–Crippen LogP) is 1.66. The lowest BCUT2D eigenvalue weighted by molar-refractivity contribution is -0.145. The van der Waals surface area contributed by atoms with E-state index in [-0.39, 0.29) is 35.8 Å². The van der Waals surface area contributed by atoms with Crippen molar-refractivity contribution in [1.82, 2.24) is 19.6 Å². The van der Waals surface area contributed by atoms with Crippen molar-refractivity contribution >= 4 is 56.4 Å². The Bertz CT molecular complexity index is 1540. The van der Waals surface area contributed by atoms with Crippen molar-refractivity contribution in [2.75, 3.05) is 24.6 Å². The number of imidazole rings is 1. The molecule has 12 nitrogen and oxygen atoms in total. The van der Waals surface area contributed by atoms with Crippen LogP contribution in [0.5, 0.6) is 0 Å². The summed E-state index contributed by atoms with van der Waals surface area (Å²) in [6, 6.07) is 6.08. The maximum atomic E-state index is 13.6. The van der Waals surface area contributed by atoms with Crippen LogP contribution in [0.1, 0.15) is 34.4 Å². The Labute approximate surface area is 246 Å². The van der Waals surface area contributed by atoms with E-state index in [0.717, 1.165) is 11.3 Å². The van der Waals surface area contributed by atoms with Gasteiger partial charge in [0.05, 0.1) is 20.7 Å². The van der Waals surface area contributed by atoms with Crippen LogP contribution in [0.3, 0.4) is 0 Å². The second-order valence-corrected chi connectivity index (χ2v) is 12.7. The van der Waals surface area contributed by atoms with Crippen molar-refractivity contribution in [3.8, 4) is 0 Å². The molecule has 3 aromatic rings. The zero-order valence-electron chi connectivity index (χ0n) is 22.4. The number of aromatic nitrogens is 2. The summed E-state index contributed by atoms with van der Waals surface area (Å²) < 4.78 is 37.2. The normalized spacial score (nSPS) is 16.1. The molecule has 2 atom stereocenters. The fourth-order valence-electron chi connectivity index (χ4n) is 4.44. The molecule has 0 radical (unpaired) electrons. The van der Waals surface area contributed by atoms with Crippen LogP contribution >= 0.6 is 22.9 Å². The number of carbonyl (C=O) groups is 3. The van der Waals surface area contributed by atoms with E-state index in [1.54, 1.807) is 43.1 Å². The van der Waals surface area contributed by atoms with Gasteiger partial charge in [-0.25, -0.2) is 13.4 Å². The molecule has 220 valence electrons. The average molecular weight is 624 g/mol. The fourth-order valence-corrected chi connectivity index (χ4v) is 6.91. The Morgan fingerprint density at radius 2 is 2.07 bits per heavy atom. The molecule has 1 aliphatic heterocycles. The molecule has 4 rings (SSSR count). The third-order valence-corrected chi connectivity index (χ3v) is 9.34. The van der Waals surface area contributed by atoms with Gasteiger partial charge in [0, 0.05) is 51.1 Å². The first-order valence-corrected chi connectivity index (χ1v) is 15.5. The molecule has 0 unspecified atom stereocenters. The zero-order chi connectivity index (χ0) is 29.7. The van der Waals surface area contributed by atoms with Gasteiger partial charge in [0.1, 0.15) is 18.0 Å². The Kier molecular flexibility index (Phi) is 9.81. The van der Waals surface area contributed by atoms with Crippen LogP contribution in [0.2, 0.25) is 4.34 Å². The van der Waals surface area contributed by atoms with Gasteiger partial charge in [0.2, 0.25) is 10.0 Å². The minimum atomic E-state index is -4.35. The number of aliphatic hydroxyl groups excluding tert-OH is 1. The highest BCUT2D eigenvalue weighted by Crippen LogP contribution is 2.31. The largest absolute Gasteiger partial charge is 0.464 e. The second-order valence-electron chi connectivity index (χ2n) is 9.26. The van der Waals surface area contributed by atoms with E-state index in [4.69, 9.17) is 16.3 Å². The molecule has 3 heterocycles. The molecule has 1 fully saturated rings. The monoisotopic (exact) mass is 623 g/mol. The van der Waals surface area contributed by atoms with Crippen LogP contribution in [0, 0.1) is 0 Å². The Morgan fingerprint density at radius 3 is 2.68 bits per heavy atom. The number of anilines is 1. The van der Waals surface area contributed by atoms with Crippen LogP contribution in [-0.4, -0.2) is 72.7 Å². The number of amides is 2. The quantitative estimate of drug-likeness (QED) is 0.257. The van der Waals surface area contributed by atoms with Crippen LogP contribution in [-0.2, 0) is 44.2 Å². The summed E-state index contributed by atoms with van der Waals surface area (Å²) >= 11 is 6.95. The lowest BCUT2D eigenvalue weighted by Gasteiger charge is -2.23. The number of halogens is 1. The third-order valence-electron chi connectivity index (χ3n) is 6.56. The molecule has 0 aliphatic carbocycles. The van der Waals surface area contributed by atoms with E-state index in [0.29, 0.717) is 27.8 Å². The van der Waals surface area contributed by atoms with Crippen LogP contribution in [0.15, 0.2) is 47.6 Å². The molecule has 1 saturated heterocycles. The SMILES string of the molecule is CCc1c(N2CC[C@H](O)C2=O)cccc1S(=O)(=O)N[C@@H](CNC(=O)c1ccc(Cl)s1)C(=O)OCCc1nccn1C. The minimum absolute atomic E-state index is 0.0640. The number of thiophene rings is 1. The first-order chi connectivity index (χ1) is 19.5. The van der Waals surface area contributed by atoms with Gasteiger partial charge in [-0.1, -0.05) is 24.6 Å². The van der Waals surface area contributed by atoms with E-state index < -0.39 is 46.5 Å². The number of hydrogen-bond acceptors (Lipinski definition) is 9. The summed E-state index contributed by atoms with van der Waals surface area (Å²) in [7, 11) is -2.56. The van der Waals surface area contributed by atoms with Gasteiger partial charge in [-0.2, -0.15) is 4.72 Å². The Hall–Kier alpha value is -3.30. The van der Waals surface area contributed by atoms with E-state index in [1.165, 1.54) is 23.1 Å². The van der Waals surface area contributed by atoms with Crippen molar-refractivity contribution in [3.63, 3.8) is 0 Å². The number of aliphatic hydroxyl groups is 1. The number of nitrogens with zero attached hydrogens (tertiary/aromatic N) is 3. The number of carbonyl (C=O) groups excluding carboxylic acids is 3. The summed E-state index contributed by atoms with van der Waals surface area (Å²) in [5.41, 5.74) is 0.718. The highest BCUT2D eigenvalue weighted by Gasteiger charge is 2.34. The van der Waals surface area contributed by atoms with Crippen molar-refractivity contribution < 1.29 is 32.6 Å². The Morgan fingerprint density at radius 1 is 1.29 bits per heavy atom. The maximum absolute atomic E-state index is 13.6. The van der Waals surface area contributed by atoms with E-state index in [2.05, 4.69) is 15.0 Å². The number of benzene rings is 1. The number of rotatable bonds is 12. The van der Waals surface area contributed by atoms with Gasteiger partial charge in [0.15, 0.2) is 0 Å². The number of aryl methyl sites for hydroxylation is 1. The van der Waals surface area contributed by atoms with Crippen molar-refractivity contribution in [2.45, 2.75) is 43.2 Å². The standard InChI is InChI=1S/C26H30ClN5O7S2/c1-3-16-18(32-12-9-19(33)25(32)35)5-4-6-21(16)41(37,38)30-17(15-29-24(34)20-7-8-22(27)40-20)26(36)39-14-10-23-28-11-13-31(23)2/h4-8,11,13,17,19,30,33H,3,9-10,12,14-15H2,1-2H3,(H,29,34)/t17-,19-/m0/s1. The van der Waals surface area contributed by atoms with Gasteiger partial charge in [0.25, 0.3) is 11.8 Å². The molecule has 41 heavy (non-hydrogen) atoms. The van der Waals surface area contributed by atoms with Crippen LogP contribution < -0.4 is 14.9 Å². The van der Waals surface area contributed by atoms with Gasteiger partial charge in [-0.3, -0.25) is 14.4 Å². The van der Waals surface area contributed by atoms with Crippen LogP contribution in [0.25, 0.3) is 0 Å². The molecule has 1 aliphatic rings. The second kappa shape index (κ2) is 13.1. The Balaban J connectivity index is 1.56. The van der Waals surface area contributed by atoms with Crippen molar-refractivity contribution in [1.29, 1.82) is 0 Å². The first-order valence-electron chi connectivity index (χ1n) is 12.8. The topological polar surface area (TPSA) is 160 Å². The summed E-state index contributed by atoms with van der Waals surface area (Å²) in [4.78, 5) is 43.9. The molecule has 1 aromatic carbocycles. The minimum Gasteiger partial charge on any atom is -0.464 e. The highest BCUT2D eigenvalue weighted by molar-refractivity contribution is 7.89. The molecular formula is C26H30ClN5O7S2. The van der Waals surface area contributed by atoms with E-state index in [9.17, 15) is 27.9 Å². The number of nitrogens with one attached hydrogen (secondary N) is 2. The first kappa shape index (κ1) is 30.7. The van der Waals surface area contributed by atoms with Gasteiger partial charge in [-0.05, 0) is 36.2 Å². The van der Waals surface area contributed by atoms with Gasteiger partial charge < -0.3 is 24.6 Å². The molecule has 2 aromatic heterocycles. The zero-order valence-corrected chi connectivity index (χ0v) is 24.8. The molecule has 15 heteroatoms. The average Bonchev–Trinajstić information content (AvgIpc) is 3.66. The number of sulfonamides is 1. The van der Waals surface area contributed by atoms with Gasteiger partial charge in [-0.15, -0.1) is 11.3 Å². The molecule has 2 amide bonds. The smallest absolute Gasteiger partial charge is 0.326 e. The molecule has 0 spiro atoms. The van der Waals surface area contributed by atoms with E-state index >= 15 is 0 Å². The van der Waals surface area contributed by atoms with Crippen LogP contribution in [0.4, 0.5) is 5.69 Å². The summed E-state index contributed by atoms with van der Waals surface area (Å²) in [5.74, 6) is -1.26. The summed E-state index contributed by atoms with van der Waals surface area (Å²) in [6.07, 6.45) is 2.99. The third kappa shape index (κ3) is 7.13. The number of hydrogen-bond donors (Lipinski definition) is 3. The number of esters is 1. The molecular weight excluding hydrogens is 594 g/mol. The van der Waals surface area contributed by atoms with Gasteiger partial charge >= 0.3 is 5.97 Å². The fraction of sp³-hybridized carbons (Fsp3) is 0.385.